The smallest absolute Gasteiger partial charge is 0.315 e. The molecule has 3 rings (SSSR count). The van der Waals surface area contributed by atoms with Crippen molar-refractivity contribution < 1.29 is 18.8 Å². The lowest BCUT2D eigenvalue weighted by atomic mass is 10.2. The topological polar surface area (TPSA) is 101 Å². The molecule has 2 amide bonds. The van der Waals surface area contributed by atoms with E-state index in [2.05, 4.69) is 27.3 Å². The molecule has 0 aliphatic carbocycles. The number of amides is 2. The fourth-order valence-corrected chi connectivity index (χ4v) is 3.31. The van der Waals surface area contributed by atoms with Gasteiger partial charge in [-0.05, 0) is 25.9 Å². The van der Waals surface area contributed by atoms with E-state index in [0.29, 0.717) is 38.9 Å². The summed E-state index contributed by atoms with van der Waals surface area (Å²) in [5.41, 5.74) is 0. The van der Waals surface area contributed by atoms with Crippen LogP contribution in [0, 0.1) is 0 Å². The molecular weight excluding hydrogens is 326 g/mol. The Hall–Kier alpha value is -2.00. The standard InChI is InChI=1S/C16H25N5O4/c1-2-20-5-3-4-12(20)11-17-15(23)16-18-13(19-25-16)10-14(22)21-6-8-24-9-7-21/h12H,2-11H2,1H3,(H,17,23)/t12-/m0/s1. The van der Waals surface area contributed by atoms with E-state index in [1.54, 1.807) is 4.90 Å². The average Bonchev–Trinajstić information content (AvgIpc) is 3.29. The second-order valence-electron chi connectivity index (χ2n) is 6.32. The van der Waals surface area contributed by atoms with Gasteiger partial charge in [-0.25, -0.2) is 0 Å². The third kappa shape index (κ3) is 4.55. The molecule has 2 fully saturated rings. The fraction of sp³-hybridized carbons (Fsp3) is 0.750. The van der Waals surface area contributed by atoms with Crippen molar-refractivity contribution in [2.45, 2.75) is 32.2 Å². The predicted octanol–water partition coefficient (Wildman–Crippen LogP) is -0.315. The number of carbonyl (C=O) groups is 2. The molecule has 0 unspecified atom stereocenters. The lowest BCUT2D eigenvalue weighted by Crippen LogP contribution is -2.41. The van der Waals surface area contributed by atoms with Crippen LogP contribution in [0.2, 0.25) is 0 Å². The van der Waals surface area contributed by atoms with Crippen molar-refractivity contribution >= 4 is 11.8 Å². The predicted molar refractivity (Wildman–Crippen MR) is 88.0 cm³/mol. The zero-order valence-corrected chi connectivity index (χ0v) is 14.6. The van der Waals surface area contributed by atoms with E-state index in [0.717, 1.165) is 25.9 Å². The van der Waals surface area contributed by atoms with E-state index in [4.69, 9.17) is 9.26 Å². The molecule has 0 bridgehead atoms. The molecule has 138 valence electrons. The van der Waals surface area contributed by atoms with Gasteiger partial charge in [0.15, 0.2) is 5.82 Å². The van der Waals surface area contributed by atoms with Crippen LogP contribution in [0.1, 0.15) is 36.3 Å². The number of carbonyl (C=O) groups excluding carboxylic acids is 2. The first-order chi connectivity index (χ1) is 12.2. The van der Waals surface area contributed by atoms with Gasteiger partial charge in [-0.3, -0.25) is 14.5 Å². The van der Waals surface area contributed by atoms with Crippen molar-refractivity contribution in [3.05, 3.63) is 11.7 Å². The largest absolute Gasteiger partial charge is 0.378 e. The van der Waals surface area contributed by atoms with Crippen LogP contribution in [-0.2, 0) is 16.0 Å². The lowest BCUT2D eigenvalue weighted by Gasteiger charge is -2.26. The van der Waals surface area contributed by atoms with Gasteiger partial charge >= 0.3 is 11.8 Å². The highest BCUT2D eigenvalue weighted by atomic mass is 16.5. The third-order valence-corrected chi connectivity index (χ3v) is 4.74. The van der Waals surface area contributed by atoms with Gasteiger partial charge in [-0.1, -0.05) is 12.1 Å². The van der Waals surface area contributed by atoms with Crippen LogP contribution in [0.4, 0.5) is 0 Å². The molecule has 1 aromatic heterocycles. The maximum absolute atomic E-state index is 12.2. The quantitative estimate of drug-likeness (QED) is 0.750. The first kappa shape index (κ1) is 17.8. The molecule has 1 atom stereocenters. The molecule has 9 heteroatoms. The van der Waals surface area contributed by atoms with Crippen LogP contribution >= 0.6 is 0 Å². The molecule has 0 radical (unpaired) electrons. The van der Waals surface area contributed by atoms with Gasteiger partial charge in [0.2, 0.25) is 5.91 Å². The number of hydrogen-bond acceptors (Lipinski definition) is 7. The summed E-state index contributed by atoms with van der Waals surface area (Å²) < 4.78 is 10.2. The van der Waals surface area contributed by atoms with Crippen LogP contribution in [0.5, 0.6) is 0 Å². The van der Waals surface area contributed by atoms with Crippen LogP contribution in [0.25, 0.3) is 0 Å². The molecule has 1 aromatic rings. The molecular formula is C16H25N5O4. The third-order valence-electron chi connectivity index (χ3n) is 4.74. The number of likely N-dealkylation sites (tertiary alicyclic amines) is 1. The Kier molecular flexibility index (Phi) is 5.98. The van der Waals surface area contributed by atoms with Crippen molar-refractivity contribution in [3.8, 4) is 0 Å². The van der Waals surface area contributed by atoms with Gasteiger partial charge in [0.05, 0.1) is 19.6 Å². The fourth-order valence-electron chi connectivity index (χ4n) is 3.31. The number of hydrogen-bond donors (Lipinski definition) is 1. The van der Waals surface area contributed by atoms with Crippen molar-refractivity contribution in [2.24, 2.45) is 0 Å². The van der Waals surface area contributed by atoms with Crippen LogP contribution in [-0.4, -0.2) is 83.7 Å². The van der Waals surface area contributed by atoms with Gasteiger partial charge in [-0.2, -0.15) is 4.98 Å². The Morgan fingerprint density at radius 3 is 2.84 bits per heavy atom. The molecule has 1 N–H and O–H groups in total. The number of morpholine rings is 1. The van der Waals surface area contributed by atoms with E-state index >= 15 is 0 Å². The molecule has 9 nitrogen and oxygen atoms in total. The van der Waals surface area contributed by atoms with Crippen LogP contribution in [0.3, 0.4) is 0 Å². The lowest BCUT2D eigenvalue weighted by molar-refractivity contribution is -0.134. The Bertz CT molecular complexity index is 599. The minimum Gasteiger partial charge on any atom is -0.378 e. The summed E-state index contributed by atoms with van der Waals surface area (Å²) in [4.78, 5) is 32.4. The molecule has 2 aliphatic heterocycles. The molecule has 2 aliphatic rings. The number of ether oxygens (including phenoxy) is 1. The van der Waals surface area contributed by atoms with Crippen LogP contribution < -0.4 is 5.32 Å². The van der Waals surface area contributed by atoms with E-state index in [1.165, 1.54) is 0 Å². The number of nitrogens with zero attached hydrogens (tertiary/aromatic N) is 4. The van der Waals surface area contributed by atoms with Crippen molar-refractivity contribution in [3.63, 3.8) is 0 Å². The second-order valence-corrected chi connectivity index (χ2v) is 6.32. The number of aromatic nitrogens is 2. The number of rotatable bonds is 6. The summed E-state index contributed by atoms with van der Waals surface area (Å²) in [5.74, 6) is -0.329. The molecule has 25 heavy (non-hydrogen) atoms. The molecule has 3 heterocycles. The van der Waals surface area contributed by atoms with Gasteiger partial charge < -0.3 is 19.5 Å². The van der Waals surface area contributed by atoms with Gasteiger partial charge in [-0.15, -0.1) is 0 Å². The Morgan fingerprint density at radius 2 is 2.08 bits per heavy atom. The zero-order chi connectivity index (χ0) is 17.6. The van der Waals surface area contributed by atoms with E-state index < -0.39 is 0 Å². The number of nitrogens with one attached hydrogen (secondary N) is 1. The summed E-state index contributed by atoms with van der Waals surface area (Å²) in [6, 6.07) is 0.360. The highest BCUT2D eigenvalue weighted by Gasteiger charge is 2.25. The first-order valence-electron chi connectivity index (χ1n) is 8.87. The van der Waals surface area contributed by atoms with Gasteiger partial charge in [0, 0.05) is 25.7 Å². The summed E-state index contributed by atoms with van der Waals surface area (Å²) in [7, 11) is 0. The van der Waals surface area contributed by atoms with E-state index in [-0.39, 0.29) is 30.0 Å². The summed E-state index contributed by atoms with van der Waals surface area (Å²) >= 11 is 0. The molecule has 0 saturated carbocycles. The Balaban J connectivity index is 1.48. The van der Waals surface area contributed by atoms with Crippen molar-refractivity contribution in [1.82, 2.24) is 25.3 Å². The highest BCUT2D eigenvalue weighted by molar-refractivity contribution is 5.89. The SMILES string of the molecule is CCN1CCC[C@H]1CNC(=O)c1nc(CC(=O)N2CCOCC2)no1. The molecule has 0 spiro atoms. The Morgan fingerprint density at radius 1 is 1.28 bits per heavy atom. The Labute approximate surface area is 146 Å². The number of likely N-dealkylation sites (N-methyl/N-ethyl adjacent to an activating group) is 1. The van der Waals surface area contributed by atoms with Gasteiger partial charge in [0.1, 0.15) is 0 Å². The zero-order valence-electron chi connectivity index (χ0n) is 14.6. The minimum atomic E-state index is -0.388. The highest BCUT2D eigenvalue weighted by Crippen LogP contribution is 2.15. The van der Waals surface area contributed by atoms with E-state index in [9.17, 15) is 9.59 Å². The molecule has 2 saturated heterocycles. The monoisotopic (exact) mass is 351 g/mol. The first-order valence-corrected chi connectivity index (χ1v) is 8.87. The summed E-state index contributed by atoms with van der Waals surface area (Å²) in [6.45, 7) is 6.97. The van der Waals surface area contributed by atoms with E-state index in [1.807, 2.05) is 0 Å². The van der Waals surface area contributed by atoms with Crippen LogP contribution in [0.15, 0.2) is 4.52 Å². The van der Waals surface area contributed by atoms with Crippen molar-refractivity contribution in [2.75, 3.05) is 45.9 Å². The molecule has 0 aromatic carbocycles. The summed E-state index contributed by atoms with van der Waals surface area (Å²) in [5, 5.41) is 6.59. The van der Waals surface area contributed by atoms with Crippen molar-refractivity contribution in [1.29, 1.82) is 0 Å². The maximum Gasteiger partial charge on any atom is 0.315 e. The second kappa shape index (κ2) is 8.39. The summed E-state index contributed by atoms with van der Waals surface area (Å²) in [6.07, 6.45) is 2.27. The maximum atomic E-state index is 12.2. The van der Waals surface area contributed by atoms with Gasteiger partial charge in [0.25, 0.3) is 0 Å². The minimum absolute atomic E-state index is 0.0308. The average molecular weight is 351 g/mol. The normalized spacial score (nSPS) is 21.5.